The van der Waals surface area contributed by atoms with Crippen LogP contribution in [0.5, 0.6) is 5.75 Å². The summed E-state index contributed by atoms with van der Waals surface area (Å²) >= 11 is 0. The highest BCUT2D eigenvalue weighted by atomic mass is 16.5. The molecule has 0 saturated carbocycles. The van der Waals surface area contributed by atoms with Crippen molar-refractivity contribution in [1.82, 2.24) is 5.32 Å². The second kappa shape index (κ2) is 7.64. The largest absolute Gasteiger partial charge is 0.491 e. The monoisotopic (exact) mass is 297 g/mol. The molecule has 3 nitrogen and oxygen atoms in total. The van der Waals surface area contributed by atoms with Crippen LogP contribution in [0.1, 0.15) is 49.2 Å². The van der Waals surface area contributed by atoms with E-state index < -0.39 is 0 Å². The van der Waals surface area contributed by atoms with Crippen molar-refractivity contribution in [3.8, 4) is 5.75 Å². The summed E-state index contributed by atoms with van der Waals surface area (Å²) in [4.78, 5) is 12.4. The molecular weight excluding hydrogens is 274 g/mol. The maximum Gasteiger partial charge on any atom is 0.251 e. The first kappa shape index (κ1) is 16.1. The lowest BCUT2D eigenvalue weighted by atomic mass is 10.0. The summed E-state index contributed by atoms with van der Waals surface area (Å²) in [5, 5.41) is 3.08. The van der Waals surface area contributed by atoms with Gasteiger partial charge >= 0.3 is 0 Å². The topological polar surface area (TPSA) is 38.3 Å². The molecule has 0 bridgehead atoms. The van der Waals surface area contributed by atoms with Gasteiger partial charge in [0.15, 0.2) is 0 Å². The van der Waals surface area contributed by atoms with Crippen molar-refractivity contribution < 1.29 is 9.53 Å². The van der Waals surface area contributed by atoms with Gasteiger partial charge in [-0.05, 0) is 50.1 Å². The van der Waals surface area contributed by atoms with Gasteiger partial charge in [-0.2, -0.15) is 0 Å². The summed E-state index contributed by atoms with van der Waals surface area (Å²) < 4.78 is 5.59. The summed E-state index contributed by atoms with van der Waals surface area (Å²) in [6, 6.07) is 17.3. The van der Waals surface area contributed by atoms with E-state index in [2.05, 4.69) is 12.2 Å². The Balaban J connectivity index is 2.04. The van der Waals surface area contributed by atoms with E-state index in [-0.39, 0.29) is 18.1 Å². The zero-order chi connectivity index (χ0) is 15.9. The summed E-state index contributed by atoms with van der Waals surface area (Å²) in [5.41, 5.74) is 1.77. The summed E-state index contributed by atoms with van der Waals surface area (Å²) in [7, 11) is 0. The number of hydrogen-bond donors (Lipinski definition) is 1. The smallest absolute Gasteiger partial charge is 0.251 e. The normalized spacial score (nSPS) is 12.0. The quantitative estimate of drug-likeness (QED) is 0.860. The Morgan fingerprint density at radius 2 is 1.68 bits per heavy atom. The summed E-state index contributed by atoms with van der Waals surface area (Å²) in [5.74, 6) is 0.716. The fraction of sp³-hybridized carbons (Fsp3) is 0.316. The zero-order valence-corrected chi connectivity index (χ0v) is 13.4. The van der Waals surface area contributed by atoms with E-state index in [1.54, 1.807) is 12.1 Å². The highest BCUT2D eigenvalue weighted by Crippen LogP contribution is 2.18. The van der Waals surface area contributed by atoms with Gasteiger partial charge in [0.2, 0.25) is 0 Å². The van der Waals surface area contributed by atoms with Crippen LogP contribution >= 0.6 is 0 Å². The fourth-order valence-corrected chi connectivity index (χ4v) is 2.31. The molecule has 2 aromatic carbocycles. The molecule has 0 spiro atoms. The van der Waals surface area contributed by atoms with Crippen LogP contribution < -0.4 is 10.1 Å². The lowest BCUT2D eigenvalue weighted by Crippen LogP contribution is -2.28. The first-order valence-corrected chi connectivity index (χ1v) is 7.72. The van der Waals surface area contributed by atoms with E-state index in [1.807, 2.05) is 56.3 Å². The van der Waals surface area contributed by atoms with Crippen LogP contribution in [0.4, 0.5) is 0 Å². The van der Waals surface area contributed by atoms with Gasteiger partial charge in [0.05, 0.1) is 12.1 Å². The van der Waals surface area contributed by atoms with Crippen LogP contribution in [0.3, 0.4) is 0 Å². The Morgan fingerprint density at radius 3 is 2.23 bits per heavy atom. The number of carbonyl (C=O) groups excluding carboxylic acids is 1. The van der Waals surface area contributed by atoms with Crippen molar-refractivity contribution in [2.75, 3.05) is 0 Å². The number of benzene rings is 2. The number of amides is 1. The molecule has 1 N–H and O–H groups in total. The van der Waals surface area contributed by atoms with E-state index in [0.717, 1.165) is 17.7 Å². The van der Waals surface area contributed by atoms with Gasteiger partial charge in [0, 0.05) is 5.56 Å². The molecule has 0 fully saturated rings. The van der Waals surface area contributed by atoms with Gasteiger partial charge in [-0.3, -0.25) is 4.79 Å². The van der Waals surface area contributed by atoms with Crippen molar-refractivity contribution in [3.05, 3.63) is 65.7 Å². The number of ether oxygens (including phenoxy) is 1. The molecule has 0 aliphatic rings. The minimum atomic E-state index is -0.0631. The Kier molecular flexibility index (Phi) is 5.59. The van der Waals surface area contributed by atoms with E-state index in [9.17, 15) is 4.79 Å². The second-order valence-electron chi connectivity index (χ2n) is 5.54. The Hall–Kier alpha value is -2.29. The van der Waals surface area contributed by atoms with Crippen LogP contribution in [0, 0.1) is 0 Å². The van der Waals surface area contributed by atoms with Crippen molar-refractivity contribution >= 4 is 5.91 Å². The van der Waals surface area contributed by atoms with Crippen molar-refractivity contribution in [3.63, 3.8) is 0 Å². The lowest BCUT2D eigenvalue weighted by Gasteiger charge is -2.17. The van der Waals surface area contributed by atoms with Crippen molar-refractivity contribution in [1.29, 1.82) is 0 Å². The van der Waals surface area contributed by atoms with E-state index in [0.29, 0.717) is 5.56 Å². The Bertz CT molecular complexity index is 591. The first-order valence-electron chi connectivity index (χ1n) is 7.72. The van der Waals surface area contributed by atoms with Gasteiger partial charge < -0.3 is 10.1 Å². The molecule has 0 heterocycles. The van der Waals surface area contributed by atoms with Crippen LogP contribution in [0.15, 0.2) is 54.6 Å². The van der Waals surface area contributed by atoms with Gasteiger partial charge in [-0.25, -0.2) is 0 Å². The molecule has 0 radical (unpaired) electrons. The minimum Gasteiger partial charge on any atom is -0.491 e. The van der Waals surface area contributed by atoms with Gasteiger partial charge in [0.1, 0.15) is 5.75 Å². The maximum atomic E-state index is 12.4. The summed E-state index contributed by atoms with van der Waals surface area (Å²) in [6.45, 7) is 6.02. The third kappa shape index (κ3) is 4.35. The lowest BCUT2D eigenvalue weighted by molar-refractivity contribution is 0.0935. The molecule has 3 heteroatoms. The Labute approximate surface area is 132 Å². The fourth-order valence-electron chi connectivity index (χ4n) is 2.31. The number of hydrogen-bond acceptors (Lipinski definition) is 2. The highest BCUT2D eigenvalue weighted by Gasteiger charge is 2.13. The van der Waals surface area contributed by atoms with Crippen LogP contribution in [0.2, 0.25) is 0 Å². The standard InChI is InChI=1S/C19H23NO2/c1-4-18(15-8-6-5-7-9-15)20-19(21)16-10-12-17(13-11-16)22-14(2)3/h5-14,18H,4H2,1-3H3,(H,20,21)/t18-/m1/s1. The van der Waals surface area contributed by atoms with Gasteiger partial charge in [0.25, 0.3) is 5.91 Å². The molecule has 2 aromatic rings. The predicted octanol–water partition coefficient (Wildman–Crippen LogP) is 4.35. The van der Waals surface area contributed by atoms with Crippen LogP contribution in [-0.2, 0) is 0 Å². The molecule has 0 aromatic heterocycles. The Morgan fingerprint density at radius 1 is 1.05 bits per heavy atom. The van der Waals surface area contributed by atoms with Crippen LogP contribution in [-0.4, -0.2) is 12.0 Å². The van der Waals surface area contributed by atoms with Gasteiger partial charge in [-0.1, -0.05) is 37.3 Å². The molecular formula is C19H23NO2. The third-order valence-electron chi connectivity index (χ3n) is 3.40. The average Bonchev–Trinajstić information content (AvgIpc) is 2.53. The minimum absolute atomic E-state index is 0.0280. The SMILES string of the molecule is CC[C@@H](NC(=O)c1ccc(OC(C)C)cc1)c1ccccc1. The average molecular weight is 297 g/mol. The van der Waals surface area contributed by atoms with Crippen molar-refractivity contribution in [2.24, 2.45) is 0 Å². The molecule has 0 saturated heterocycles. The molecule has 0 aliphatic heterocycles. The van der Waals surface area contributed by atoms with Crippen LogP contribution in [0.25, 0.3) is 0 Å². The molecule has 0 unspecified atom stereocenters. The molecule has 1 atom stereocenters. The number of rotatable bonds is 6. The first-order chi connectivity index (χ1) is 10.6. The van der Waals surface area contributed by atoms with E-state index >= 15 is 0 Å². The predicted molar refractivity (Wildman–Crippen MR) is 89.1 cm³/mol. The molecule has 116 valence electrons. The molecule has 22 heavy (non-hydrogen) atoms. The highest BCUT2D eigenvalue weighted by molar-refractivity contribution is 5.94. The molecule has 2 rings (SSSR count). The van der Waals surface area contributed by atoms with E-state index in [4.69, 9.17) is 4.74 Å². The number of nitrogens with one attached hydrogen (secondary N) is 1. The summed E-state index contributed by atoms with van der Waals surface area (Å²) in [6.07, 6.45) is 0.979. The second-order valence-corrected chi connectivity index (χ2v) is 5.54. The van der Waals surface area contributed by atoms with E-state index in [1.165, 1.54) is 0 Å². The molecule has 1 amide bonds. The van der Waals surface area contributed by atoms with Gasteiger partial charge in [-0.15, -0.1) is 0 Å². The zero-order valence-electron chi connectivity index (χ0n) is 13.4. The molecule has 0 aliphatic carbocycles. The third-order valence-corrected chi connectivity index (χ3v) is 3.40. The van der Waals surface area contributed by atoms with Crippen molar-refractivity contribution in [2.45, 2.75) is 39.3 Å². The number of carbonyl (C=O) groups is 1. The maximum absolute atomic E-state index is 12.4.